The topological polar surface area (TPSA) is 77.2 Å². The molecule has 0 aliphatic rings. The van der Waals surface area contributed by atoms with Crippen molar-refractivity contribution in [1.82, 2.24) is 14.5 Å². The number of aliphatic carboxylic acids is 1. The highest BCUT2D eigenvalue weighted by Gasteiger charge is 2.30. The van der Waals surface area contributed by atoms with Crippen LogP contribution in [0.5, 0.6) is 5.75 Å². The maximum Gasteiger partial charge on any atom is 0.309 e. The molecule has 0 bridgehead atoms. The van der Waals surface area contributed by atoms with Gasteiger partial charge in [0.25, 0.3) is 0 Å². The third kappa shape index (κ3) is 4.93. The second-order valence-electron chi connectivity index (χ2n) is 9.90. The van der Waals surface area contributed by atoms with Crippen molar-refractivity contribution in [2.75, 3.05) is 0 Å². The maximum absolute atomic E-state index is 11.8. The lowest BCUT2D eigenvalue weighted by Crippen LogP contribution is -2.27. The zero-order valence-corrected chi connectivity index (χ0v) is 20.7. The molecule has 6 heteroatoms. The third-order valence-corrected chi connectivity index (χ3v) is 6.48. The highest BCUT2D eigenvalue weighted by molar-refractivity contribution is 5.79. The summed E-state index contributed by atoms with van der Waals surface area (Å²) in [6.07, 6.45) is 0.320. The van der Waals surface area contributed by atoms with Crippen molar-refractivity contribution in [3.8, 4) is 5.75 Å². The molecule has 0 radical (unpaired) electrons. The van der Waals surface area contributed by atoms with E-state index in [2.05, 4.69) is 40.7 Å². The van der Waals surface area contributed by atoms with E-state index in [9.17, 15) is 9.90 Å². The molecule has 5 aromatic rings. The number of hydrogen-bond acceptors (Lipinski definition) is 4. The van der Waals surface area contributed by atoms with E-state index in [1.54, 1.807) is 13.8 Å². The Morgan fingerprint density at radius 2 is 1.72 bits per heavy atom. The van der Waals surface area contributed by atoms with Gasteiger partial charge in [-0.3, -0.25) is 4.79 Å². The Balaban J connectivity index is 1.44. The number of nitrogens with zero attached hydrogens (tertiary/aromatic N) is 3. The fraction of sp³-hybridized carbons (Fsp3) is 0.233. The van der Waals surface area contributed by atoms with Crippen LogP contribution >= 0.6 is 0 Å². The van der Waals surface area contributed by atoms with Gasteiger partial charge in [-0.2, -0.15) is 0 Å². The number of carboxylic acid groups (broad SMARTS) is 1. The number of imidazole rings is 1. The van der Waals surface area contributed by atoms with Crippen LogP contribution in [0.15, 0.2) is 78.9 Å². The molecule has 5 rings (SSSR count). The van der Waals surface area contributed by atoms with Crippen molar-refractivity contribution in [1.29, 1.82) is 0 Å². The SMILES string of the molecule is Cc1ccc(Cn2c(CC(C)(C)C(=O)O)nc3cc(OCc4ccc5ccccc5n4)ccc32)cc1. The summed E-state index contributed by atoms with van der Waals surface area (Å²) in [6, 6.07) is 26.2. The van der Waals surface area contributed by atoms with E-state index < -0.39 is 11.4 Å². The Labute approximate surface area is 210 Å². The predicted molar refractivity (Wildman–Crippen MR) is 141 cm³/mol. The van der Waals surface area contributed by atoms with Gasteiger partial charge >= 0.3 is 5.97 Å². The number of pyridine rings is 1. The Morgan fingerprint density at radius 3 is 2.50 bits per heavy atom. The number of hydrogen-bond donors (Lipinski definition) is 1. The Morgan fingerprint density at radius 1 is 0.944 bits per heavy atom. The number of fused-ring (bicyclic) bond motifs is 2. The van der Waals surface area contributed by atoms with Crippen LogP contribution in [0.2, 0.25) is 0 Å². The summed E-state index contributed by atoms with van der Waals surface area (Å²) in [4.78, 5) is 21.4. The number of carbonyl (C=O) groups is 1. The average Bonchev–Trinajstić information content (AvgIpc) is 3.19. The lowest BCUT2D eigenvalue weighted by atomic mass is 9.89. The van der Waals surface area contributed by atoms with E-state index in [1.165, 1.54) is 5.56 Å². The number of aromatic nitrogens is 3. The molecule has 3 aromatic carbocycles. The molecule has 6 nitrogen and oxygen atoms in total. The molecule has 0 fully saturated rings. The van der Waals surface area contributed by atoms with Crippen LogP contribution in [0.4, 0.5) is 0 Å². The standard InChI is InChI=1S/C30H29N3O3/c1-20-8-10-21(11-9-20)18-33-27-15-14-24(16-26(27)32-28(33)17-30(2,3)29(34)35)36-19-23-13-12-22-6-4-5-7-25(22)31-23/h4-16H,17-19H2,1-3H3,(H,34,35). The zero-order chi connectivity index (χ0) is 25.3. The van der Waals surface area contributed by atoms with Crippen LogP contribution in [0.1, 0.15) is 36.5 Å². The van der Waals surface area contributed by atoms with E-state index in [0.29, 0.717) is 25.3 Å². The Hall–Kier alpha value is -4.19. The quantitative estimate of drug-likeness (QED) is 0.288. The van der Waals surface area contributed by atoms with E-state index >= 15 is 0 Å². The normalized spacial score (nSPS) is 11.8. The number of ether oxygens (including phenoxy) is 1. The molecular formula is C30H29N3O3. The number of para-hydroxylation sites is 1. The van der Waals surface area contributed by atoms with Crippen LogP contribution in [0, 0.1) is 12.3 Å². The van der Waals surface area contributed by atoms with Gasteiger partial charge in [0.15, 0.2) is 0 Å². The molecule has 2 heterocycles. The summed E-state index contributed by atoms with van der Waals surface area (Å²) < 4.78 is 8.17. The first-order chi connectivity index (χ1) is 17.3. The smallest absolute Gasteiger partial charge is 0.309 e. The minimum atomic E-state index is -0.937. The van der Waals surface area contributed by atoms with Crippen molar-refractivity contribution < 1.29 is 14.6 Å². The maximum atomic E-state index is 11.8. The van der Waals surface area contributed by atoms with Crippen LogP contribution in [-0.2, 0) is 24.4 Å². The summed E-state index contributed by atoms with van der Waals surface area (Å²) in [6.45, 7) is 6.49. The van der Waals surface area contributed by atoms with Gasteiger partial charge in [0.2, 0.25) is 0 Å². The molecule has 0 aliphatic heterocycles. The summed E-state index contributed by atoms with van der Waals surface area (Å²) in [5.74, 6) is 0.594. The summed E-state index contributed by atoms with van der Waals surface area (Å²) in [7, 11) is 0. The first-order valence-electron chi connectivity index (χ1n) is 12.0. The highest BCUT2D eigenvalue weighted by Crippen LogP contribution is 2.28. The minimum Gasteiger partial charge on any atom is -0.487 e. The summed E-state index contributed by atoms with van der Waals surface area (Å²) in [5, 5.41) is 10.8. The molecule has 36 heavy (non-hydrogen) atoms. The second-order valence-corrected chi connectivity index (χ2v) is 9.90. The predicted octanol–water partition coefficient (Wildman–Crippen LogP) is 6.17. The molecule has 0 spiro atoms. The fourth-order valence-corrected chi connectivity index (χ4v) is 4.25. The molecular weight excluding hydrogens is 450 g/mol. The monoisotopic (exact) mass is 479 g/mol. The third-order valence-electron chi connectivity index (χ3n) is 6.48. The van der Waals surface area contributed by atoms with Gasteiger partial charge in [-0.1, -0.05) is 54.1 Å². The highest BCUT2D eigenvalue weighted by atomic mass is 16.5. The van der Waals surface area contributed by atoms with Crippen molar-refractivity contribution in [3.63, 3.8) is 0 Å². The first-order valence-corrected chi connectivity index (χ1v) is 12.0. The lowest BCUT2D eigenvalue weighted by molar-refractivity contribution is -0.146. The molecule has 0 saturated carbocycles. The van der Waals surface area contributed by atoms with Gasteiger partial charge < -0.3 is 14.4 Å². The van der Waals surface area contributed by atoms with Crippen molar-refractivity contribution in [2.45, 2.75) is 40.3 Å². The summed E-state index contributed by atoms with van der Waals surface area (Å²) >= 11 is 0. The number of benzene rings is 3. The minimum absolute atomic E-state index is 0.320. The zero-order valence-electron chi connectivity index (χ0n) is 20.7. The van der Waals surface area contributed by atoms with E-state index in [1.807, 2.05) is 54.6 Å². The molecule has 2 aromatic heterocycles. The van der Waals surface area contributed by atoms with Gasteiger partial charge in [-0.05, 0) is 50.6 Å². The van der Waals surface area contributed by atoms with Gasteiger partial charge in [-0.25, -0.2) is 9.97 Å². The van der Waals surface area contributed by atoms with Gasteiger partial charge in [0.05, 0.1) is 27.7 Å². The van der Waals surface area contributed by atoms with Crippen LogP contribution in [-0.4, -0.2) is 25.6 Å². The van der Waals surface area contributed by atoms with Gasteiger partial charge in [-0.15, -0.1) is 0 Å². The molecule has 0 aliphatic carbocycles. The van der Waals surface area contributed by atoms with E-state index in [-0.39, 0.29) is 0 Å². The Kier molecular flexibility index (Phi) is 6.18. The number of rotatable bonds is 8. The summed E-state index contributed by atoms with van der Waals surface area (Å²) in [5.41, 5.74) is 4.91. The van der Waals surface area contributed by atoms with Crippen LogP contribution < -0.4 is 4.74 Å². The number of carboxylic acids is 1. The van der Waals surface area contributed by atoms with Crippen molar-refractivity contribution in [3.05, 3.63) is 102 Å². The van der Waals surface area contributed by atoms with E-state index in [0.717, 1.165) is 39.0 Å². The lowest BCUT2D eigenvalue weighted by Gasteiger charge is -2.19. The average molecular weight is 480 g/mol. The largest absolute Gasteiger partial charge is 0.487 e. The molecule has 0 unspecified atom stereocenters. The van der Waals surface area contributed by atoms with Gasteiger partial charge in [0, 0.05) is 24.4 Å². The molecule has 0 atom stereocenters. The molecule has 0 amide bonds. The number of aryl methyl sites for hydroxylation is 1. The molecule has 0 saturated heterocycles. The molecule has 1 N–H and O–H groups in total. The van der Waals surface area contributed by atoms with Crippen LogP contribution in [0.3, 0.4) is 0 Å². The molecule has 182 valence electrons. The van der Waals surface area contributed by atoms with Crippen molar-refractivity contribution >= 4 is 27.9 Å². The second kappa shape index (κ2) is 9.46. The first kappa shape index (κ1) is 23.5. The van der Waals surface area contributed by atoms with Crippen molar-refractivity contribution in [2.24, 2.45) is 5.41 Å². The fourth-order valence-electron chi connectivity index (χ4n) is 4.25. The Bertz CT molecular complexity index is 1550. The van der Waals surface area contributed by atoms with Gasteiger partial charge in [0.1, 0.15) is 18.2 Å². The van der Waals surface area contributed by atoms with E-state index in [4.69, 9.17) is 9.72 Å². The van der Waals surface area contributed by atoms with Crippen LogP contribution in [0.25, 0.3) is 21.9 Å².